The number of amides is 1. The molecule has 1 aliphatic heterocycles. The SMILES string of the molecule is CCC(C(=O)N1CC(COc2cc3ncnc(Nc4ccc(Cl)c(Cl)c4)c3cc2OC)OC[I-]1)c1ccccc1. The number of hydrogen-bond donors (Lipinski definition) is 1. The molecule has 2 unspecified atom stereocenters. The molecule has 1 amide bonds. The number of methoxy groups -OCH3 is 1. The molecular formula is C29H28Cl2IN4O4-. The average molecular weight is 694 g/mol. The topological polar surface area (TPSA) is 85.8 Å². The summed E-state index contributed by atoms with van der Waals surface area (Å²) in [5, 5.41) is 4.93. The molecule has 1 aromatic heterocycles. The quantitative estimate of drug-likeness (QED) is 0.163. The van der Waals surface area contributed by atoms with Crippen LogP contribution in [0.15, 0.2) is 67.0 Å². The molecule has 11 heteroatoms. The summed E-state index contributed by atoms with van der Waals surface area (Å²) in [4.78, 5) is 22.2. The summed E-state index contributed by atoms with van der Waals surface area (Å²) in [6.45, 7) is 2.83. The number of carbonyl (C=O) groups is 1. The molecule has 2 heterocycles. The van der Waals surface area contributed by atoms with Crippen LogP contribution in [-0.2, 0) is 9.53 Å². The predicted molar refractivity (Wildman–Crippen MR) is 152 cm³/mol. The second kappa shape index (κ2) is 13.2. The van der Waals surface area contributed by atoms with Gasteiger partial charge in [0.25, 0.3) is 0 Å². The molecule has 40 heavy (non-hydrogen) atoms. The summed E-state index contributed by atoms with van der Waals surface area (Å²) < 4.78 is 20.4. The van der Waals surface area contributed by atoms with E-state index < -0.39 is 21.5 Å². The number of nitrogens with zero attached hydrogens (tertiary/aromatic N) is 3. The summed E-state index contributed by atoms with van der Waals surface area (Å²) in [6.07, 6.45) is 1.99. The number of hydrogen-bond acceptors (Lipinski definition) is 7. The fraction of sp³-hybridized carbons (Fsp3) is 0.276. The van der Waals surface area contributed by atoms with Gasteiger partial charge in [0.15, 0.2) is 0 Å². The Morgan fingerprint density at radius 2 is 1.95 bits per heavy atom. The van der Waals surface area contributed by atoms with Crippen molar-refractivity contribution in [3.63, 3.8) is 0 Å². The molecule has 1 N–H and O–H groups in total. The number of rotatable bonds is 9. The molecule has 0 saturated carbocycles. The van der Waals surface area contributed by atoms with Crippen molar-refractivity contribution in [1.29, 1.82) is 0 Å². The van der Waals surface area contributed by atoms with Crippen molar-refractivity contribution in [1.82, 2.24) is 13.1 Å². The number of nitrogens with one attached hydrogen (secondary N) is 1. The zero-order valence-corrected chi connectivity index (χ0v) is 25.6. The van der Waals surface area contributed by atoms with Gasteiger partial charge in [-0.1, -0.05) is 23.2 Å². The summed E-state index contributed by atoms with van der Waals surface area (Å²) in [5.74, 6) is 1.67. The van der Waals surface area contributed by atoms with Crippen molar-refractivity contribution in [2.24, 2.45) is 0 Å². The van der Waals surface area contributed by atoms with Crippen LogP contribution in [0.2, 0.25) is 10.0 Å². The molecule has 1 fully saturated rings. The van der Waals surface area contributed by atoms with Crippen LogP contribution < -0.4 is 36.3 Å². The van der Waals surface area contributed by atoms with Crippen LogP contribution in [0.1, 0.15) is 24.8 Å². The normalized spacial score (nSPS) is 16.2. The fourth-order valence-corrected chi connectivity index (χ4v) is 7.14. The number of halogens is 3. The Bertz CT molecular complexity index is 1490. The summed E-state index contributed by atoms with van der Waals surface area (Å²) in [7, 11) is 1.58. The molecule has 4 aromatic rings. The number of alkyl halides is 1. The van der Waals surface area contributed by atoms with Gasteiger partial charge in [0.1, 0.15) is 0 Å². The third-order valence-electron chi connectivity index (χ3n) is 6.53. The maximum atomic E-state index is 13.4. The molecule has 8 nitrogen and oxygen atoms in total. The number of anilines is 2. The number of carbonyl (C=O) groups excluding carboxylic acids is 1. The Labute approximate surface area is 253 Å². The molecule has 0 aliphatic carbocycles. The standard InChI is InChI=1S/C29H28Cl2IN4O4/c1-3-21(18-7-5-4-6-8-18)29(37)36-14-20(40-16-32-36)15-39-27-13-25-22(12-26(27)38-2)28(34-17-33-25)35-19-9-10-23(30)24(31)11-19/h4-13,17,20-21H,3,14-16H2,1-2H3,(H,33,34,35)/q-1. The molecule has 1 saturated heterocycles. The first kappa shape index (κ1) is 28.7. The second-order valence-electron chi connectivity index (χ2n) is 9.08. The van der Waals surface area contributed by atoms with Crippen molar-refractivity contribution in [2.75, 3.05) is 30.2 Å². The number of fused-ring (bicyclic) bond motifs is 1. The molecule has 3 aromatic carbocycles. The first-order chi connectivity index (χ1) is 19.5. The van der Waals surface area contributed by atoms with Crippen LogP contribution in [0, 0.1) is 0 Å². The second-order valence-corrected chi connectivity index (χ2v) is 12.4. The molecule has 0 spiro atoms. The van der Waals surface area contributed by atoms with Crippen LogP contribution in [0.3, 0.4) is 0 Å². The molecule has 2 atom stereocenters. The molecular weight excluding hydrogens is 666 g/mol. The van der Waals surface area contributed by atoms with Gasteiger partial charge in [0.05, 0.1) is 10.0 Å². The van der Waals surface area contributed by atoms with Crippen molar-refractivity contribution in [2.45, 2.75) is 25.4 Å². The van der Waals surface area contributed by atoms with E-state index in [1.165, 1.54) is 6.33 Å². The van der Waals surface area contributed by atoms with Crippen molar-refractivity contribution in [3.8, 4) is 11.5 Å². The van der Waals surface area contributed by atoms with Crippen molar-refractivity contribution in [3.05, 3.63) is 82.6 Å². The van der Waals surface area contributed by atoms with Gasteiger partial charge in [-0.05, 0) is 18.2 Å². The van der Waals surface area contributed by atoms with Crippen molar-refractivity contribution >= 4 is 51.5 Å². The van der Waals surface area contributed by atoms with E-state index in [1.54, 1.807) is 19.2 Å². The number of aromatic nitrogens is 2. The summed E-state index contributed by atoms with van der Waals surface area (Å²) >= 11 is 11.7. The minimum atomic E-state index is -0.538. The Kier molecular flexibility index (Phi) is 9.46. The Balaban J connectivity index is 1.29. The molecule has 5 rings (SSSR count). The van der Waals surface area contributed by atoms with Gasteiger partial charge in [-0.3, -0.25) is 0 Å². The van der Waals surface area contributed by atoms with E-state index in [-0.39, 0.29) is 24.5 Å². The zero-order valence-electron chi connectivity index (χ0n) is 21.9. The molecule has 1 aliphatic rings. The first-order valence-corrected chi connectivity index (χ1v) is 16.0. The van der Waals surface area contributed by atoms with Gasteiger partial charge in [0, 0.05) is 0 Å². The maximum absolute atomic E-state index is 13.4. The first-order valence-electron chi connectivity index (χ1n) is 12.7. The van der Waals surface area contributed by atoms with E-state index in [0.29, 0.717) is 44.0 Å². The minimum absolute atomic E-state index is 0.146. The molecule has 0 bridgehead atoms. The van der Waals surface area contributed by atoms with Crippen LogP contribution in [0.25, 0.3) is 10.9 Å². The third-order valence-corrected chi connectivity index (χ3v) is 9.60. The van der Waals surface area contributed by atoms with Gasteiger partial charge in [-0.2, -0.15) is 0 Å². The van der Waals surface area contributed by atoms with Gasteiger partial charge in [-0.15, -0.1) is 0 Å². The molecule has 210 valence electrons. The van der Waals surface area contributed by atoms with E-state index in [9.17, 15) is 4.79 Å². The Morgan fingerprint density at radius 3 is 2.70 bits per heavy atom. The van der Waals surface area contributed by atoms with Gasteiger partial charge in [-0.25, -0.2) is 0 Å². The van der Waals surface area contributed by atoms with E-state index in [1.807, 2.05) is 51.6 Å². The van der Waals surface area contributed by atoms with E-state index in [4.69, 9.17) is 37.4 Å². The number of ether oxygens (including phenoxy) is 3. The summed E-state index contributed by atoms with van der Waals surface area (Å²) in [6, 6.07) is 18.9. The van der Waals surface area contributed by atoms with Crippen LogP contribution in [-0.4, -0.2) is 50.0 Å². The van der Waals surface area contributed by atoms with Gasteiger partial charge >= 0.3 is 203 Å². The zero-order chi connectivity index (χ0) is 28.1. The van der Waals surface area contributed by atoms with Crippen molar-refractivity contribution < 1.29 is 40.5 Å². The van der Waals surface area contributed by atoms with Crippen LogP contribution in [0.5, 0.6) is 11.5 Å². The number of benzene rings is 3. The fourth-order valence-electron chi connectivity index (χ4n) is 4.44. The summed E-state index contributed by atoms with van der Waals surface area (Å²) in [5.41, 5.74) is 2.46. The average Bonchev–Trinajstić information content (AvgIpc) is 2.98. The Hall–Kier alpha value is -2.86. The van der Waals surface area contributed by atoms with Crippen LogP contribution >= 0.6 is 23.2 Å². The van der Waals surface area contributed by atoms with Gasteiger partial charge < -0.3 is 0 Å². The monoisotopic (exact) mass is 693 g/mol. The predicted octanol–water partition coefficient (Wildman–Crippen LogP) is 3.45. The van der Waals surface area contributed by atoms with Gasteiger partial charge in [0.2, 0.25) is 0 Å². The third kappa shape index (κ3) is 6.54. The Morgan fingerprint density at radius 1 is 1.12 bits per heavy atom. The van der Waals surface area contributed by atoms with Crippen LogP contribution in [0.4, 0.5) is 11.5 Å². The van der Waals surface area contributed by atoms with E-state index in [0.717, 1.165) is 23.1 Å². The van der Waals surface area contributed by atoms with E-state index >= 15 is 0 Å². The van der Waals surface area contributed by atoms with E-state index in [2.05, 4.69) is 22.2 Å². The molecule has 0 radical (unpaired) electrons.